The van der Waals surface area contributed by atoms with Crippen molar-refractivity contribution in [1.82, 2.24) is 19.9 Å². The largest absolute Gasteiger partial charge is 0.432 e. The molecule has 1 saturated carbocycles. The van der Waals surface area contributed by atoms with Gasteiger partial charge in [0.25, 0.3) is 0 Å². The number of nitrogen functional groups attached to an aromatic ring is 1. The molecule has 32 heavy (non-hydrogen) atoms. The Morgan fingerprint density at radius 2 is 1.88 bits per heavy atom. The highest BCUT2D eigenvalue weighted by Crippen LogP contribution is 2.43. The molecule has 0 spiro atoms. The summed E-state index contributed by atoms with van der Waals surface area (Å²) in [7, 11) is 0. The van der Waals surface area contributed by atoms with Gasteiger partial charge in [0.2, 0.25) is 5.95 Å². The lowest BCUT2D eigenvalue weighted by Crippen LogP contribution is -2.47. The molecular formula is C23H30N6O2S. The molecule has 0 bridgehead atoms. The summed E-state index contributed by atoms with van der Waals surface area (Å²) in [5, 5.41) is 1.16. The van der Waals surface area contributed by atoms with E-state index >= 15 is 0 Å². The molecule has 9 heteroatoms. The number of aryl methyl sites for hydroxylation is 2. The second-order valence-corrected chi connectivity index (χ2v) is 10.2. The average Bonchev–Trinajstić information content (AvgIpc) is 3.48. The number of rotatable bonds is 4. The zero-order valence-corrected chi connectivity index (χ0v) is 19.1. The molecule has 2 aliphatic carbocycles. The fraction of sp³-hybridized carbons (Fsp3) is 0.609. The maximum Gasteiger partial charge on any atom is 0.303 e. The van der Waals surface area contributed by atoms with E-state index < -0.39 is 0 Å². The summed E-state index contributed by atoms with van der Waals surface area (Å²) in [4.78, 5) is 21.2. The van der Waals surface area contributed by atoms with Crippen LogP contribution in [0.5, 0.6) is 0 Å². The van der Waals surface area contributed by atoms with Crippen LogP contribution in [0.4, 0.5) is 17.8 Å². The van der Waals surface area contributed by atoms with E-state index in [9.17, 15) is 0 Å². The molecule has 4 heterocycles. The first-order valence-electron chi connectivity index (χ1n) is 11.9. The monoisotopic (exact) mass is 454 g/mol. The molecule has 3 aliphatic rings. The Morgan fingerprint density at radius 1 is 1.06 bits per heavy atom. The standard InChI is InChI=1S/C23H30N6O2S/c24-22-26-20(19-17-3-1-2-4-18(17)32-21(19)27-22)29(23-25-9-12-31-23)16-7-5-15(6-8-16)28-10-13-30-14-11-28/h9,12,15-16H,1-8,10-11,13-14H2,(H2,24,26,27). The van der Waals surface area contributed by atoms with Crippen LogP contribution in [-0.2, 0) is 17.6 Å². The summed E-state index contributed by atoms with van der Waals surface area (Å²) < 4.78 is 11.4. The molecule has 0 amide bonds. The van der Waals surface area contributed by atoms with Gasteiger partial charge in [0, 0.05) is 30.1 Å². The predicted molar refractivity (Wildman–Crippen MR) is 126 cm³/mol. The number of oxazole rings is 1. The highest BCUT2D eigenvalue weighted by Gasteiger charge is 2.35. The Labute approximate surface area is 191 Å². The summed E-state index contributed by atoms with van der Waals surface area (Å²) in [6.45, 7) is 3.79. The first kappa shape index (κ1) is 20.4. The molecule has 1 saturated heterocycles. The molecular weight excluding hydrogens is 424 g/mol. The average molecular weight is 455 g/mol. The molecule has 0 unspecified atom stereocenters. The molecule has 1 aliphatic heterocycles. The van der Waals surface area contributed by atoms with E-state index in [1.165, 1.54) is 23.3 Å². The van der Waals surface area contributed by atoms with E-state index in [-0.39, 0.29) is 6.04 Å². The van der Waals surface area contributed by atoms with Gasteiger partial charge < -0.3 is 14.9 Å². The number of hydrogen-bond donors (Lipinski definition) is 1. The molecule has 170 valence electrons. The van der Waals surface area contributed by atoms with E-state index in [1.807, 2.05) is 0 Å². The SMILES string of the molecule is Nc1nc(N(c2ncco2)C2CCC(N3CCOCC3)CC2)c2c3c(sc2n1)CCCC3. The zero-order valence-electron chi connectivity index (χ0n) is 18.3. The second-order valence-electron chi connectivity index (χ2n) is 9.09. The molecule has 0 aromatic carbocycles. The first-order chi connectivity index (χ1) is 15.8. The minimum Gasteiger partial charge on any atom is -0.432 e. The second kappa shape index (κ2) is 8.61. The van der Waals surface area contributed by atoms with E-state index in [1.54, 1.807) is 23.8 Å². The fourth-order valence-electron chi connectivity index (χ4n) is 5.71. The van der Waals surface area contributed by atoms with Crippen molar-refractivity contribution < 1.29 is 9.15 Å². The van der Waals surface area contributed by atoms with Crippen LogP contribution in [0.2, 0.25) is 0 Å². The van der Waals surface area contributed by atoms with Gasteiger partial charge >= 0.3 is 6.01 Å². The van der Waals surface area contributed by atoms with Crippen LogP contribution >= 0.6 is 11.3 Å². The number of morpholine rings is 1. The van der Waals surface area contributed by atoms with Crippen LogP contribution in [0.3, 0.4) is 0 Å². The Hall–Kier alpha value is -2.23. The normalized spacial score (nSPS) is 24.5. The minimum absolute atomic E-state index is 0.280. The van der Waals surface area contributed by atoms with Crippen LogP contribution in [0.1, 0.15) is 49.0 Å². The van der Waals surface area contributed by atoms with Crippen molar-refractivity contribution in [3.8, 4) is 0 Å². The third-order valence-electron chi connectivity index (χ3n) is 7.26. The van der Waals surface area contributed by atoms with Crippen molar-refractivity contribution >= 4 is 39.3 Å². The van der Waals surface area contributed by atoms with Crippen molar-refractivity contribution in [2.45, 2.75) is 63.5 Å². The smallest absolute Gasteiger partial charge is 0.303 e. The Kier molecular flexibility index (Phi) is 5.48. The van der Waals surface area contributed by atoms with Crippen LogP contribution in [-0.4, -0.2) is 58.2 Å². The summed E-state index contributed by atoms with van der Waals surface area (Å²) in [6, 6.07) is 1.52. The third kappa shape index (κ3) is 3.66. The van der Waals surface area contributed by atoms with E-state index in [0.717, 1.165) is 80.9 Å². The maximum absolute atomic E-state index is 6.21. The number of hydrogen-bond acceptors (Lipinski definition) is 9. The number of ether oxygens (including phenoxy) is 1. The number of anilines is 3. The van der Waals surface area contributed by atoms with E-state index in [0.29, 0.717) is 18.0 Å². The van der Waals surface area contributed by atoms with Gasteiger partial charge in [0.15, 0.2) is 5.82 Å². The molecule has 2 fully saturated rings. The Balaban J connectivity index is 1.36. The van der Waals surface area contributed by atoms with Gasteiger partial charge in [0.05, 0.1) is 24.8 Å². The molecule has 3 aromatic heterocycles. The number of fused-ring (bicyclic) bond motifs is 3. The van der Waals surface area contributed by atoms with Crippen molar-refractivity contribution in [3.05, 3.63) is 22.9 Å². The van der Waals surface area contributed by atoms with Gasteiger partial charge in [-0.1, -0.05) is 0 Å². The minimum atomic E-state index is 0.280. The van der Waals surface area contributed by atoms with Crippen molar-refractivity contribution in [2.75, 3.05) is 36.9 Å². The predicted octanol–water partition coefficient (Wildman–Crippen LogP) is 3.92. The summed E-state index contributed by atoms with van der Waals surface area (Å²) in [6.07, 6.45) is 12.5. The quantitative estimate of drug-likeness (QED) is 0.634. The first-order valence-corrected chi connectivity index (χ1v) is 12.7. The van der Waals surface area contributed by atoms with Gasteiger partial charge in [0.1, 0.15) is 11.1 Å². The highest BCUT2D eigenvalue weighted by atomic mass is 32.1. The highest BCUT2D eigenvalue weighted by molar-refractivity contribution is 7.19. The van der Waals surface area contributed by atoms with Crippen LogP contribution in [0, 0.1) is 0 Å². The number of aromatic nitrogens is 3. The van der Waals surface area contributed by atoms with Gasteiger partial charge in [-0.05, 0) is 56.9 Å². The summed E-state index contributed by atoms with van der Waals surface area (Å²) >= 11 is 1.78. The Morgan fingerprint density at radius 3 is 2.66 bits per heavy atom. The van der Waals surface area contributed by atoms with Crippen molar-refractivity contribution in [1.29, 1.82) is 0 Å². The van der Waals surface area contributed by atoms with Gasteiger partial charge in [-0.2, -0.15) is 4.98 Å². The summed E-state index contributed by atoms with van der Waals surface area (Å²) in [5.74, 6) is 1.20. The topological polar surface area (TPSA) is 93.5 Å². The number of nitrogens with two attached hydrogens (primary N) is 1. The van der Waals surface area contributed by atoms with Crippen molar-refractivity contribution in [2.24, 2.45) is 0 Å². The maximum atomic E-state index is 6.21. The molecule has 8 nitrogen and oxygen atoms in total. The summed E-state index contributed by atoms with van der Waals surface area (Å²) in [5.41, 5.74) is 7.62. The van der Waals surface area contributed by atoms with E-state index in [4.69, 9.17) is 19.9 Å². The van der Waals surface area contributed by atoms with E-state index in [2.05, 4.69) is 19.8 Å². The van der Waals surface area contributed by atoms with Crippen LogP contribution < -0.4 is 10.6 Å². The van der Waals surface area contributed by atoms with Gasteiger partial charge in [-0.3, -0.25) is 9.80 Å². The lowest BCUT2D eigenvalue weighted by atomic mass is 9.88. The van der Waals surface area contributed by atoms with Crippen molar-refractivity contribution in [3.63, 3.8) is 0 Å². The fourth-order valence-corrected chi connectivity index (χ4v) is 6.97. The Bertz CT molecular complexity index is 1070. The van der Waals surface area contributed by atoms with Crippen LogP contribution in [0.25, 0.3) is 10.2 Å². The lowest BCUT2D eigenvalue weighted by molar-refractivity contribution is 0.00742. The van der Waals surface area contributed by atoms with Gasteiger partial charge in [-0.25, -0.2) is 9.97 Å². The van der Waals surface area contributed by atoms with Crippen LogP contribution in [0.15, 0.2) is 16.9 Å². The molecule has 3 aromatic rings. The molecule has 0 radical (unpaired) electrons. The molecule has 0 atom stereocenters. The lowest BCUT2D eigenvalue weighted by Gasteiger charge is -2.41. The number of nitrogens with zero attached hydrogens (tertiary/aromatic N) is 5. The zero-order chi connectivity index (χ0) is 21.5. The molecule has 6 rings (SSSR count). The third-order valence-corrected chi connectivity index (χ3v) is 8.45. The van der Waals surface area contributed by atoms with Gasteiger partial charge in [-0.15, -0.1) is 11.3 Å². The molecule has 2 N–H and O–H groups in total. The number of thiophene rings is 1.